The summed E-state index contributed by atoms with van der Waals surface area (Å²) in [6, 6.07) is 1.92. The summed E-state index contributed by atoms with van der Waals surface area (Å²) in [4.78, 5) is 13.1. The van der Waals surface area contributed by atoms with Crippen molar-refractivity contribution in [1.82, 2.24) is 25.1 Å². The van der Waals surface area contributed by atoms with Crippen LogP contribution in [0.3, 0.4) is 0 Å². The molecular weight excluding hydrogens is 280 g/mol. The van der Waals surface area contributed by atoms with E-state index in [-0.39, 0.29) is 0 Å². The molecule has 0 unspecified atom stereocenters. The third kappa shape index (κ3) is 4.10. The molecule has 8 heteroatoms. The van der Waals surface area contributed by atoms with Gasteiger partial charge in [0, 0.05) is 12.6 Å². The summed E-state index contributed by atoms with van der Waals surface area (Å²) in [7, 11) is 0. The Labute approximate surface area is 120 Å². The highest BCUT2D eigenvalue weighted by atomic mass is 32.2. The second-order valence-corrected chi connectivity index (χ2v) is 5.57. The SMILES string of the molecule is CCCNc1cc(Sc2n[nH]c(C)n2)nc(SC)n1. The van der Waals surface area contributed by atoms with Crippen molar-refractivity contribution in [2.45, 2.75) is 35.6 Å². The van der Waals surface area contributed by atoms with Crippen LogP contribution in [-0.4, -0.2) is 37.9 Å². The fraction of sp³-hybridized carbons (Fsp3) is 0.455. The zero-order valence-electron chi connectivity index (χ0n) is 11.1. The Balaban J connectivity index is 2.18. The molecule has 2 aromatic rings. The lowest BCUT2D eigenvalue weighted by Crippen LogP contribution is -2.03. The minimum atomic E-state index is 0.671. The molecule has 102 valence electrons. The molecule has 0 fully saturated rings. The van der Waals surface area contributed by atoms with E-state index in [9.17, 15) is 0 Å². The first-order valence-electron chi connectivity index (χ1n) is 5.95. The van der Waals surface area contributed by atoms with E-state index >= 15 is 0 Å². The van der Waals surface area contributed by atoms with Crippen molar-refractivity contribution in [3.63, 3.8) is 0 Å². The quantitative estimate of drug-likeness (QED) is 0.482. The van der Waals surface area contributed by atoms with Crippen molar-refractivity contribution in [1.29, 1.82) is 0 Å². The molecule has 2 heterocycles. The smallest absolute Gasteiger partial charge is 0.214 e. The Morgan fingerprint density at radius 1 is 1.26 bits per heavy atom. The number of nitrogens with one attached hydrogen (secondary N) is 2. The molecule has 0 aliphatic heterocycles. The fourth-order valence-corrected chi connectivity index (χ4v) is 2.55. The molecular formula is C11H16N6S2. The molecule has 0 amide bonds. The molecule has 2 N–H and O–H groups in total. The van der Waals surface area contributed by atoms with Gasteiger partial charge >= 0.3 is 0 Å². The van der Waals surface area contributed by atoms with Crippen LogP contribution >= 0.6 is 23.5 Å². The highest BCUT2D eigenvalue weighted by Crippen LogP contribution is 2.26. The van der Waals surface area contributed by atoms with Crippen molar-refractivity contribution in [3.05, 3.63) is 11.9 Å². The molecule has 0 bridgehead atoms. The third-order valence-corrected chi connectivity index (χ3v) is 3.52. The highest BCUT2D eigenvalue weighted by Gasteiger charge is 2.08. The van der Waals surface area contributed by atoms with E-state index in [0.717, 1.165) is 34.8 Å². The number of hydrogen-bond acceptors (Lipinski definition) is 7. The zero-order chi connectivity index (χ0) is 13.7. The Kier molecular flexibility index (Phi) is 5.03. The Morgan fingerprint density at radius 3 is 2.74 bits per heavy atom. The summed E-state index contributed by atoms with van der Waals surface area (Å²) in [5.41, 5.74) is 0. The van der Waals surface area contributed by atoms with E-state index < -0.39 is 0 Å². The van der Waals surface area contributed by atoms with Gasteiger partial charge in [-0.1, -0.05) is 18.7 Å². The molecule has 0 aliphatic carbocycles. The van der Waals surface area contributed by atoms with Gasteiger partial charge in [0.1, 0.15) is 16.7 Å². The summed E-state index contributed by atoms with van der Waals surface area (Å²) in [6.45, 7) is 4.89. The molecule has 19 heavy (non-hydrogen) atoms. The van der Waals surface area contributed by atoms with Gasteiger partial charge in [-0.15, -0.1) is 5.10 Å². The number of aryl methyl sites for hydroxylation is 1. The Hall–Kier alpha value is -1.28. The molecule has 0 radical (unpaired) electrons. The molecule has 6 nitrogen and oxygen atoms in total. The molecule has 2 aromatic heterocycles. The first kappa shape index (κ1) is 14.1. The van der Waals surface area contributed by atoms with Crippen LogP contribution in [0, 0.1) is 6.92 Å². The van der Waals surface area contributed by atoms with E-state index in [1.165, 1.54) is 23.5 Å². The number of aromatic amines is 1. The number of nitrogens with zero attached hydrogens (tertiary/aromatic N) is 4. The third-order valence-electron chi connectivity index (χ3n) is 2.19. The maximum Gasteiger partial charge on any atom is 0.214 e. The Bertz CT molecular complexity index is 542. The molecule has 0 aromatic carbocycles. The van der Waals surface area contributed by atoms with Gasteiger partial charge in [-0.05, 0) is 31.4 Å². The lowest BCUT2D eigenvalue weighted by atomic mass is 10.4. The van der Waals surface area contributed by atoms with Gasteiger partial charge < -0.3 is 5.32 Å². The van der Waals surface area contributed by atoms with Crippen molar-refractivity contribution in [2.75, 3.05) is 18.1 Å². The van der Waals surface area contributed by atoms with Crippen molar-refractivity contribution in [3.8, 4) is 0 Å². The van der Waals surface area contributed by atoms with Crippen LogP contribution < -0.4 is 5.32 Å². The van der Waals surface area contributed by atoms with Gasteiger partial charge in [0.25, 0.3) is 0 Å². The number of hydrogen-bond donors (Lipinski definition) is 2. The number of H-pyrrole nitrogens is 1. The first-order valence-corrected chi connectivity index (χ1v) is 7.99. The second-order valence-electron chi connectivity index (χ2n) is 3.81. The monoisotopic (exact) mass is 296 g/mol. The van der Waals surface area contributed by atoms with E-state index in [2.05, 4.69) is 37.4 Å². The summed E-state index contributed by atoms with van der Waals surface area (Å²) in [5, 5.41) is 12.5. The molecule has 0 aliphatic rings. The normalized spacial score (nSPS) is 10.7. The minimum absolute atomic E-state index is 0.671. The number of aromatic nitrogens is 5. The van der Waals surface area contributed by atoms with E-state index in [1.807, 2.05) is 19.2 Å². The minimum Gasteiger partial charge on any atom is -0.370 e. The van der Waals surface area contributed by atoms with Gasteiger partial charge in [-0.25, -0.2) is 15.0 Å². The van der Waals surface area contributed by atoms with E-state index in [1.54, 1.807) is 0 Å². The average molecular weight is 296 g/mol. The van der Waals surface area contributed by atoms with Crippen LogP contribution in [0.1, 0.15) is 19.2 Å². The molecule has 0 saturated carbocycles. The molecule has 0 spiro atoms. The lowest BCUT2D eigenvalue weighted by Gasteiger charge is -2.06. The van der Waals surface area contributed by atoms with Gasteiger partial charge in [0.15, 0.2) is 5.16 Å². The largest absolute Gasteiger partial charge is 0.370 e. The predicted molar refractivity (Wildman–Crippen MR) is 77.8 cm³/mol. The maximum atomic E-state index is 4.45. The highest BCUT2D eigenvalue weighted by molar-refractivity contribution is 7.99. The fourth-order valence-electron chi connectivity index (χ4n) is 1.35. The second kappa shape index (κ2) is 6.76. The summed E-state index contributed by atoms with van der Waals surface area (Å²) >= 11 is 2.95. The summed E-state index contributed by atoms with van der Waals surface area (Å²) in [5.74, 6) is 1.64. The van der Waals surface area contributed by atoms with Crippen LogP contribution in [0.2, 0.25) is 0 Å². The molecule has 0 saturated heterocycles. The van der Waals surface area contributed by atoms with Gasteiger partial charge in [0.05, 0.1) is 0 Å². The Morgan fingerprint density at radius 2 is 2.11 bits per heavy atom. The van der Waals surface area contributed by atoms with Crippen LogP contribution in [0.25, 0.3) is 0 Å². The van der Waals surface area contributed by atoms with Crippen molar-refractivity contribution in [2.24, 2.45) is 0 Å². The first-order chi connectivity index (χ1) is 9.21. The standard InChI is InChI=1S/C11H16N6S2/c1-4-5-12-8-6-9(15-10(14-8)18-3)19-11-13-7(2)16-17-11/h6H,4-5H2,1-3H3,(H,12,14,15)(H,13,16,17). The summed E-state index contributed by atoms with van der Waals surface area (Å²) in [6.07, 6.45) is 3.02. The van der Waals surface area contributed by atoms with Crippen LogP contribution in [0.15, 0.2) is 21.4 Å². The predicted octanol–water partition coefficient (Wildman–Crippen LogP) is 2.60. The van der Waals surface area contributed by atoms with Crippen LogP contribution in [-0.2, 0) is 0 Å². The number of anilines is 1. The average Bonchev–Trinajstić information content (AvgIpc) is 2.81. The van der Waals surface area contributed by atoms with Crippen LogP contribution in [0.4, 0.5) is 5.82 Å². The zero-order valence-corrected chi connectivity index (χ0v) is 12.7. The summed E-state index contributed by atoms with van der Waals surface area (Å²) < 4.78 is 0. The van der Waals surface area contributed by atoms with Crippen molar-refractivity contribution >= 4 is 29.3 Å². The van der Waals surface area contributed by atoms with Crippen molar-refractivity contribution < 1.29 is 0 Å². The number of rotatable bonds is 6. The topological polar surface area (TPSA) is 79.4 Å². The lowest BCUT2D eigenvalue weighted by molar-refractivity contribution is 0.873. The number of thioether (sulfide) groups is 1. The van der Waals surface area contributed by atoms with Crippen LogP contribution in [0.5, 0.6) is 0 Å². The van der Waals surface area contributed by atoms with Gasteiger partial charge in [-0.2, -0.15) is 0 Å². The van der Waals surface area contributed by atoms with Gasteiger partial charge in [0.2, 0.25) is 5.16 Å². The molecule has 2 rings (SSSR count). The van der Waals surface area contributed by atoms with E-state index in [0.29, 0.717) is 5.16 Å². The maximum absolute atomic E-state index is 4.45. The molecule has 0 atom stereocenters. The van der Waals surface area contributed by atoms with Gasteiger partial charge in [-0.3, -0.25) is 5.10 Å². The van der Waals surface area contributed by atoms with E-state index in [4.69, 9.17) is 0 Å².